The Morgan fingerprint density at radius 3 is 1.25 bits per heavy atom. The molecule has 27 valence electrons. The van der Waals surface area contributed by atoms with Gasteiger partial charge in [-0.25, -0.2) is 0 Å². The SMILES string of the molecule is C.O.[CH3][AlH]. The van der Waals surface area contributed by atoms with Gasteiger partial charge < -0.3 is 5.48 Å². The maximum absolute atomic E-state index is 2.03. The molecule has 0 spiro atoms. The van der Waals surface area contributed by atoms with Crippen LogP contribution in [-0.4, -0.2) is 21.8 Å². The molecular weight excluding hydrogens is 67.0 g/mol. The molecule has 0 fully saturated rings. The Kier molecular flexibility index (Phi) is 550. The molecule has 1 nitrogen and oxygen atoms in total. The van der Waals surface area contributed by atoms with Gasteiger partial charge in [0.05, 0.1) is 0 Å². The molecule has 0 saturated carbocycles. The van der Waals surface area contributed by atoms with E-state index in [4.69, 9.17) is 0 Å². The Morgan fingerprint density at radius 2 is 1.25 bits per heavy atom. The van der Waals surface area contributed by atoms with Crippen molar-refractivity contribution in [1.82, 2.24) is 0 Å². The van der Waals surface area contributed by atoms with Crippen molar-refractivity contribution < 1.29 is 5.48 Å². The summed E-state index contributed by atoms with van der Waals surface area (Å²) >= 11 is 1.86. The highest BCUT2D eigenvalue weighted by molar-refractivity contribution is 6.05. The largest absolute Gasteiger partial charge is 0.412 e. The summed E-state index contributed by atoms with van der Waals surface area (Å²) in [6.07, 6.45) is 0. The third kappa shape index (κ3) is 22.9. The highest BCUT2D eigenvalue weighted by Crippen LogP contribution is 0.960. The molecule has 0 bridgehead atoms. The van der Waals surface area contributed by atoms with E-state index in [2.05, 4.69) is 0 Å². The second-order valence-corrected chi connectivity index (χ2v) is 0. The van der Waals surface area contributed by atoms with E-state index in [1.165, 1.54) is 0 Å². The van der Waals surface area contributed by atoms with Gasteiger partial charge in [-0.05, 0) is 0 Å². The van der Waals surface area contributed by atoms with Crippen LogP contribution in [0, 0.1) is 0 Å². The summed E-state index contributed by atoms with van der Waals surface area (Å²) in [5.74, 6) is 2.03. The first-order valence-corrected chi connectivity index (χ1v) is 2.12. The molecule has 0 aliphatic heterocycles. The van der Waals surface area contributed by atoms with Crippen LogP contribution in [0.15, 0.2) is 0 Å². The average molecular weight is 77.1 g/mol. The predicted octanol–water partition coefficient (Wildman–Crippen LogP) is -0.253. The molecule has 0 aromatic heterocycles. The van der Waals surface area contributed by atoms with Crippen LogP contribution < -0.4 is 0 Å². The van der Waals surface area contributed by atoms with E-state index in [0.717, 1.165) is 0 Å². The van der Waals surface area contributed by atoms with Gasteiger partial charge in [0.25, 0.3) is 0 Å². The van der Waals surface area contributed by atoms with Crippen molar-refractivity contribution in [1.29, 1.82) is 0 Å². The van der Waals surface area contributed by atoms with Gasteiger partial charge in [0, 0.05) is 0 Å². The first kappa shape index (κ1) is 24.6. The minimum absolute atomic E-state index is 0. The lowest BCUT2D eigenvalue weighted by molar-refractivity contribution is 0.824. The topological polar surface area (TPSA) is 31.5 Å². The molecular formula is C2H10AlO. The van der Waals surface area contributed by atoms with Gasteiger partial charge >= 0.3 is 0 Å². The molecule has 1 radical (unpaired) electrons. The number of hydrogen-bond donors (Lipinski definition) is 0. The Hall–Kier alpha value is 0.492. The van der Waals surface area contributed by atoms with Gasteiger partial charge in [0.15, 0.2) is 16.3 Å². The van der Waals surface area contributed by atoms with E-state index in [0.29, 0.717) is 0 Å². The average Bonchev–Trinajstić information content (AvgIpc) is 1.00. The van der Waals surface area contributed by atoms with Crippen molar-refractivity contribution in [3.05, 3.63) is 0 Å². The Morgan fingerprint density at radius 1 is 1.25 bits per heavy atom. The smallest absolute Gasteiger partial charge is 0.167 e. The van der Waals surface area contributed by atoms with Crippen LogP contribution in [0.4, 0.5) is 0 Å². The van der Waals surface area contributed by atoms with Gasteiger partial charge in [-0.2, -0.15) is 0 Å². The lowest BCUT2D eigenvalue weighted by Gasteiger charge is -0.986. The van der Waals surface area contributed by atoms with Gasteiger partial charge in [-0.15, -0.1) is 5.79 Å². The highest BCUT2D eigenvalue weighted by atomic mass is 27.0. The van der Waals surface area contributed by atoms with E-state index in [1.54, 1.807) is 0 Å². The monoisotopic (exact) mass is 77.1 g/mol. The van der Waals surface area contributed by atoms with E-state index in [9.17, 15) is 0 Å². The molecule has 0 saturated heterocycles. The Bertz CT molecular complexity index is 6.00. The number of rotatable bonds is 0. The van der Waals surface area contributed by atoms with Gasteiger partial charge in [0.2, 0.25) is 0 Å². The zero-order chi connectivity index (χ0) is 2.00. The fourth-order valence-corrected chi connectivity index (χ4v) is 0. The molecule has 0 rings (SSSR count). The van der Waals surface area contributed by atoms with Crippen LogP contribution in [0.3, 0.4) is 0 Å². The summed E-state index contributed by atoms with van der Waals surface area (Å²) in [5, 5.41) is 0. The van der Waals surface area contributed by atoms with Gasteiger partial charge in [-0.1, -0.05) is 7.43 Å². The maximum atomic E-state index is 2.03. The molecule has 2 heteroatoms. The Balaban J connectivity index is -0.00000000500. The third-order valence-electron chi connectivity index (χ3n) is 0. The fourth-order valence-electron chi connectivity index (χ4n) is 0. The molecule has 2 N–H and O–H groups in total. The molecule has 0 aromatic carbocycles. The van der Waals surface area contributed by atoms with E-state index >= 15 is 0 Å². The fraction of sp³-hybridized carbons (Fsp3) is 1.00. The maximum Gasteiger partial charge on any atom is 0.167 e. The normalized spacial score (nSPS) is 1.25. The molecule has 0 aliphatic rings. The zero-order valence-electron chi connectivity index (χ0n) is 2.21. The molecule has 0 atom stereocenters. The van der Waals surface area contributed by atoms with Crippen LogP contribution in [0.25, 0.3) is 0 Å². The summed E-state index contributed by atoms with van der Waals surface area (Å²) in [6, 6.07) is 0. The van der Waals surface area contributed by atoms with Crippen molar-refractivity contribution in [3.8, 4) is 0 Å². The first-order valence-electron chi connectivity index (χ1n) is 0.707. The standard InChI is InChI=1S/CH4.CH3.Al.H2O.H/h1H4;1H3;;1H2;. The summed E-state index contributed by atoms with van der Waals surface area (Å²) < 4.78 is 0. The molecule has 0 unspecified atom stereocenters. The van der Waals surface area contributed by atoms with Crippen LogP contribution >= 0.6 is 0 Å². The lowest BCUT2D eigenvalue weighted by atomic mass is 11.9. The molecule has 0 aromatic rings. The van der Waals surface area contributed by atoms with E-state index < -0.39 is 0 Å². The molecule has 0 aliphatic carbocycles. The van der Waals surface area contributed by atoms with Gasteiger partial charge in [0.1, 0.15) is 0 Å². The second kappa shape index (κ2) is 89.5. The highest BCUT2D eigenvalue weighted by Gasteiger charge is 1.03. The number of hydrogen-bond acceptors (Lipinski definition) is 0. The minimum atomic E-state index is 0. The summed E-state index contributed by atoms with van der Waals surface area (Å²) in [6.45, 7) is 0. The summed E-state index contributed by atoms with van der Waals surface area (Å²) in [4.78, 5) is 0. The van der Waals surface area contributed by atoms with E-state index in [1.807, 2.05) is 22.1 Å². The zero-order valence-corrected chi connectivity index (χ0v) is 3.62. The Labute approximate surface area is 35.8 Å². The van der Waals surface area contributed by atoms with Crippen molar-refractivity contribution in [3.63, 3.8) is 0 Å². The van der Waals surface area contributed by atoms with Crippen molar-refractivity contribution >= 4 is 16.3 Å². The van der Waals surface area contributed by atoms with Crippen molar-refractivity contribution in [2.45, 2.75) is 13.2 Å². The third-order valence-corrected chi connectivity index (χ3v) is 0. The minimum Gasteiger partial charge on any atom is -0.412 e. The van der Waals surface area contributed by atoms with E-state index in [-0.39, 0.29) is 12.9 Å². The molecule has 0 heterocycles. The quantitative estimate of drug-likeness (QED) is 0.357. The predicted molar refractivity (Wildman–Crippen MR) is 23.4 cm³/mol. The van der Waals surface area contributed by atoms with Crippen molar-refractivity contribution in [2.24, 2.45) is 0 Å². The van der Waals surface area contributed by atoms with Crippen LogP contribution in [0.5, 0.6) is 0 Å². The first-order chi connectivity index (χ1) is 1.00. The second-order valence-electron chi connectivity index (χ2n) is 0. The lowest BCUT2D eigenvalue weighted by Crippen LogP contribution is -1.13. The molecule has 0 amide bonds. The summed E-state index contributed by atoms with van der Waals surface area (Å²) in [5.41, 5.74) is 0. The molecule has 4 heavy (non-hydrogen) atoms. The van der Waals surface area contributed by atoms with Crippen LogP contribution in [-0.2, 0) is 0 Å². The van der Waals surface area contributed by atoms with Crippen molar-refractivity contribution in [2.75, 3.05) is 0 Å². The van der Waals surface area contributed by atoms with Crippen LogP contribution in [0.2, 0.25) is 5.79 Å². The van der Waals surface area contributed by atoms with Crippen LogP contribution in [0.1, 0.15) is 7.43 Å². The summed E-state index contributed by atoms with van der Waals surface area (Å²) in [7, 11) is 0. The van der Waals surface area contributed by atoms with Gasteiger partial charge in [-0.3, -0.25) is 0 Å².